The van der Waals surface area contributed by atoms with Gasteiger partial charge in [-0.3, -0.25) is 4.79 Å². The molecule has 0 aliphatic carbocycles. The van der Waals surface area contributed by atoms with E-state index in [1.165, 1.54) is 0 Å². The molecule has 0 saturated carbocycles. The molecule has 1 aromatic rings. The fraction of sp³-hybridized carbons (Fsp3) is 0.500. The van der Waals surface area contributed by atoms with Crippen LogP contribution < -0.4 is 10.6 Å². The number of benzene rings is 1. The van der Waals surface area contributed by atoms with E-state index in [0.717, 1.165) is 10.6 Å². The smallest absolute Gasteiger partial charge is 0.233 e. The standard InChI is InChI=1S/C14H21ClN2O/c1-10(2)8-17-14(18)9-16-11(3)12-6-4-5-7-13(12)15/h4-7,10-11,16H,8-9H2,1-3H3,(H,17,18)/t11-/m0/s1. The molecule has 2 N–H and O–H groups in total. The lowest BCUT2D eigenvalue weighted by Gasteiger charge is -2.15. The van der Waals surface area contributed by atoms with Gasteiger partial charge in [0.2, 0.25) is 5.91 Å². The van der Waals surface area contributed by atoms with Crippen molar-refractivity contribution in [1.29, 1.82) is 0 Å². The van der Waals surface area contributed by atoms with Gasteiger partial charge in [0, 0.05) is 17.6 Å². The largest absolute Gasteiger partial charge is 0.355 e. The van der Waals surface area contributed by atoms with Gasteiger partial charge in [-0.15, -0.1) is 0 Å². The molecule has 1 rings (SSSR count). The number of nitrogens with one attached hydrogen (secondary N) is 2. The first-order valence-corrected chi connectivity index (χ1v) is 6.63. The third kappa shape index (κ3) is 5.07. The molecular formula is C14H21ClN2O. The van der Waals surface area contributed by atoms with Gasteiger partial charge >= 0.3 is 0 Å². The van der Waals surface area contributed by atoms with Gasteiger partial charge in [0.25, 0.3) is 0 Å². The normalized spacial score (nSPS) is 12.5. The molecule has 0 saturated heterocycles. The topological polar surface area (TPSA) is 41.1 Å². The molecule has 100 valence electrons. The maximum absolute atomic E-state index is 11.6. The highest BCUT2D eigenvalue weighted by Gasteiger charge is 2.10. The van der Waals surface area contributed by atoms with E-state index >= 15 is 0 Å². The summed E-state index contributed by atoms with van der Waals surface area (Å²) < 4.78 is 0. The van der Waals surface area contributed by atoms with Crippen LogP contribution >= 0.6 is 11.6 Å². The zero-order valence-electron chi connectivity index (χ0n) is 11.2. The Balaban J connectivity index is 2.39. The van der Waals surface area contributed by atoms with Crippen LogP contribution in [0, 0.1) is 5.92 Å². The van der Waals surface area contributed by atoms with E-state index in [0.29, 0.717) is 19.0 Å². The molecule has 0 unspecified atom stereocenters. The Morgan fingerprint density at radius 3 is 2.56 bits per heavy atom. The first-order valence-electron chi connectivity index (χ1n) is 6.25. The van der Waals surface area contributed by atoms with Gasteiger partial charge in [0.15, 0.2) is 0 Å². The average molecular weight is 269 g/mol. The molecule has 1 amide bonds. The van der Waals surface area contributed by atoms with E-state index < -0.39 is 0 Å². The highest BCUT2D eigenvalue weighted by atomic mass is 35.5. The maximum atomic E-state index is 11.6. The Hall–Kier alpha value is -1.06. The van der Waals surface area contributed by atoms with Crippen LogP contribution in [0.4, 0.5) is 0 Å². The van der Waals surface area contributed by atoms with Crippen LogP contribution in [0.3, 0.4) is 0 Å². The van der Waals surface area contributed by atoms with Gasteiger partial charge in [0.1, 0.15) is 0 Å². The average Bonchev–Trinajstić information content (AvgIpc) is 2.34. The summed E-state index contributed by atoms with van der Waals surface area (Å²) in [6.45, 7) is 7.15. The van der Waals surface area contributed by atoms with Crippen molar-refractivity contribution in [3.05, 3.63) is 34.9 Å². The van der Waals surface area contributed by atoms with Crippen molar-refractivity contribution >= 4 is 17.5 Å². The van der Waals surface area contributed by atoms with Gasteiger partial charge in [0.05, 0.1) is 6.54 Å². The summed E-state index contributed by atoms with van der Waals surface area (Å²) in [5, 5.41) is 6.76. The summed E-state index contributed by atoms with van der Waals surface area (Å²) in [5.74, 6) is 0.484. The molecule has 3 nitrogen and oxygen atoms in total. The Labute approximate surface area is 114 Å². The molecule has 0 aliphatic heterocycles. The maximum Gasteiger partial charge on any atom is 0.233 e. The lowest BCUT2D eigenvalue weighted by atomic mass is 10.1. The van der Waals surface area contributed by atoms with Crippen molar-refractivity contribution in [3.63, 3.8) is 0 Å². The number of amides is 1. The van der Waals surface area contributed by atoms with E-state index in [2.05, 4.69) is 24.5 Å². The Kier molecular flexibility index (Phi) is 6.16. The zero-order chi connectivity index (χ0) is 13.5. The van der Waals surface area contributed by atoms with Crippen molar-refractivity contribution in [3.8, 4) is 0 Å². The summed E-state index contributed by atoms with van der Waals surface area (Å²) in [6, 6.07) is 7.72. The number of rotatable bonds is 6. The lowest BCUT2D eigenvalue weighted by molar-refractivity contribution is -0.120. The fourth-order valence-corrected chi connectivity index (χ4v) is 1.86. The van der Waals surface area contributed by atoms with E-state index in [9.17, 15) is 4.79 Å². The summed E-state index contributed by atoms with van der Waals surface area (Å²) in [4.78, 5) is 11.6. The predicted molar refractivity (Wildman–Crippen MR) is 75.7 cm³/mol. The molecular weight excluding hydrogens is 248 g/mol. The Morgan fingerprint density at radius 1 is 1.28 bits per heavy atom. The first kappa shape index (κ1) is 15.0. The molecule has 18 heavy (non-hydrogen) atoms. The van der Waals surface area contributed by atoms with Crippen molar-refractivity contribution < 1.29 is 4.79 Å². The molecule has 0 aromatic heterocycles. The van der Waals surface area contributed by atoms with Gasteiger partial charge in [-0.25, -0.2) is 0 Å². The molecule has 1 atom stereocenters. The van der Waals surface area contributed by atoms with E-state index in [4.69, 9.17) is 11.6 Å². The molecule has 0 bridgehead atoms. The number of carbonyl (C=O) groups is 1. The van der Waals surface area contributed by atoms with Gasteiger partial charge in [-0.2, -0.15) is 0 Å². The molecule has 0 aliphatic rings. The second-order valence-corrected chi connectivity index (χ2v) is 5.23. The quantitative estimate of drug-likeness (QED) is 0.833. The van der Waals surface area contributed by atoms with Gasteiger partial charge in [-0.05, 0) is 24.5 Å². The summed E-state index contributed by atoms with van der Waals surface area (Å²) in [6.07, 6.45) is 0. The summed E-state index contributed by atoms with van der Waals surface area (Å²) >= 11 is 6.10. The third-order valence-electron chi connectivity index (χ3n) is 2.65. The molecule has 0 radical (unpaired) electrons. The van der Waals surface area contributed by atoms with Crippen LogP contribution in [-0.4, -0.2) is 19.0 Å². The van der Waals surface area contributed by atoms with Crippen molar-refractivity contribution in [2.24, 2.45) is 5.92 Å². The fourth-order valence-electron chi connectivity index (χ4n) is 1.56. The Bertz CT molecular complexity index is 393. The van der Waals surface area contributed by atoms with E-state index in [1.807, 2.05) is 31.2 Å². The highest BCUT2D eigenvalue weighted by Crippen LogP contribution is 2.21. The minimum atomic E-state index is 0.0163. The molecule has 0 fully saturated rings. The van der Waals surface area contributed by atoms with Crippen LogP contribution in [0.25, 0.3) is 0 Å². The van der Waals surface area contributed by atoms with Gasteiger partial charge in [-0.1, -0.05) is 43.6 Å². The van der Waals surface area contributed by atoms with Crippen LogP contribution in [0.2, 0.25) is 5.02 Å². The molecule has 4 heteroatoms. The van der Waals surface area contributed by atoms with Crippen LogP contribution in [0.15, 0.2) is 24.3 Å². The van der Waals surface area contributed by atoms with Gasteiger partial charge < -0.3 is 10.6 Å². The second kappa shape index (κ2) is 7.39. The molecule has 1 aromatic carbocycles. The summed E-state index contributed by atoms with van der Waals surface area (Å²) in [5.41, 5.74) is 1.01. The minimum Gasteiger partial charge on any atom is -0.355 e. The number of hydrogen-bond acceptors (Lipinski definition) is 2. The third-order valence-corrected chi connectivity index (χ3v) is 2.99. The van der Waals surface area contributed by atoms with Crippen molar-refractivity contribution in [2.75, 3.05) is 13.1 Å². The van der Waals surface area contributed by atoms with E-state index in [1.54, 1.807) is 0 Å². The molecule has 0 heterocycles. The SMILES string of the molecule is CC(C)CNC(=O)CN[C@@H](C)c1ccccc1Cl. The van der Waals surface area contributed by atoms with E-state index in [-0.39, 0.29) is 11.9 Å². The second-order valence-electron chi connectivity index (χ2n) is 4.82. The predicted octanol–water partition coefficient (Wildman–Crippen LogP) is 2.76. The van der Waals surface area contributed by atoms with Crippen LogP contribution in [0.1, 0.15) is 32.4 Å². The lowest BCUT2D eigenvalue weighted by Crippen LogP contribution is -2.36. The van der Waals surface area contributed by atoms with Crippen molar-refractivity contribution in [1.82, 2.24) is 10.6 Å². The van der Waals surface area contributed by atoms with Crippen LogP contribution in [0.5, 0.6) is 0 Å². The number of hydrogen-bond donors (Lipinski definition) is 2. The highest BCUT2D eigenvalue weighted by molar-refractivity contribution is 6.31. The minimum absolute atomic E-state index is 0.0163. The van der Waals surface area contributed by atoms with Crippen LogP contribution in [-0.2, 0) is 4.79 Å². The first-order chi connectivity index (χ1) is 8.50. The summed E-state index contributed by atoms with van der Waals surface area (Å²) in [7, 11) is 0. The Morgan fingerprint density at radius 2 is 1.94 bits per heavy atom. The number of halogens is 1. The number of carbonyl (C=O) groups excluding carboxylic acids is 1. The zero-order valence-corrected chi connectivity index (χ0v) is 11.9. The van der Waals surface area contributed by atoms with Crippen molar-refractivity contribution in [2.45, 2.75) is 26.8 Å². The molecule has 0 spiro atoms. The monoisotopic (exact) mass is 268 g/mol.